The second-order valence-corrected chi connectivity index (χ2v) is 6.41. The van der Waals surface area contributed by atoms with Crippen molar-refractivity contribution in [2.24, 2.45) is 5.84 Å². The molecule has 1 saturated heterocycles. The van der Waals surface area contributed by atoms with Gasteiger partial charge in [0.15, 0.2) is 0 Å². The van der Waals surface area contributed by atoms with Crippen LogP contribution in [0.4, 0.5) is 0 Å². The van der Waals surface area contributed by atoms with E-state index in [9.17, 15) is 9.59 Å². The Morgan fingerprint density at radius 1 is 1.48 bits per heavy atom. The molecule has 1 aromatic rings. The predicted octanol–water partition coefficient (Wildman–Crippen LogP) is 0.928. The fraction of sp³-hybridized carbons (Fsp3) is 0.600. The van der Waals surface area contributed by atoms with Gasteiger partial charge in [-0.05, 0) is 25.0 Å². The standard InChI is InChI=1S/C15H23N3O3/c1-15(2,3)12-7-6-11(13(19)17-16)14(20)18(12)9-10-5-4-8-21-10/h6-7,10H,4-5,8-9,16H2,1-3H3,(H,17,19). The van der Waals surface area contributed by atoms with E-state index in [1.165, 1.54) is 6.07 Å². The molecule has 1 atom stereocenters. The van der Waals surface area contributed by atoms with Crippen molar-refractivity contribution >= 4 is 5.91 Å². The maximum Gasteiger partial charge on any atom is 0.270 e. The topological polar surface area (TPSA) is 86.4 Å². The van der Waals surface area contributed by atoms with Gasteiger partial charge in [-0.15, -0.1) is 0 Å². The van der Waals surface area contributed by atoms with Crippen molar-refractivity contribution in [1.29, 1.82) is 0 Å². The lowest BCUT2D eigenvalue weighted by atomic mass is 9.90. The molecule has 1 unspecified atom stereocenters. The molecule has 0 bridgehead atoms. The number of nitrogens with two attached hydrogens (primary N) is 1. The van der Waals surface area contributed by atoms with Crippen LogP contribution in [0.1, 0.15) is 49.7 Å². The molecule has 1 amide bonds. The Hall–Kier alpha value is -1.66. The van der Waals surface area contributed by atoms with Crippen molar-refractivity contribution < 1.29 is 9.53 Å². The second kappa shape index (κ2) is 5.99. The molecule has 1 aromatic heterocycles. The molecule has 0 saturated carbocycles. The molecular weight excluding hydrogens is 270 g/mol. The molecule has 0 aromatic carbocycles. The zero-order valence-corrected chi connectivity index (χ0v) is 12.8. The number of carbonyl (C=O) groups excluding carboxylic acids is 1. The number of nitrogens with one attached hydrogen (secondary N) is 1. The average molecular weight is 293 g/mol. The Morgan fingerprint density at radius 2 is 2.19 bits per heavy atom. The van der Waals surface area contributed by atoms with Crippen LogP contribution in [0.2, 0.25) is 0 Å². The maximum absolute atomic E-state index is 12.6. The van der Waals surface area contributed by atoms with Crippen LogP contribution in [0, 0.1) is 0 Å². The highest BCUT2D eigenvalue weighted by Gasteiger charge is 2.25. The first-order valence-electron chi connectivity index (χ1n) is 7.21. The third-order valence-corrected chi connectivity index (χ3v) is 3.73. The van der Waals surface area contributed by atoms with E-state index >= 15 is 0 Å². The smallest absolute Gasteiger partial charge is 0.270 e. The number of ether oxygens (including phenoxy) is 1. The lowest BCUT2D eigenvalue weighted by molar-refractivity contribution is 0.0922. The van der Waals surface area contributed by atoms with Crippen LogP contribution in [0.15, 0.2) is 16.9 Å². The molecule has 1 fully saturated rings. The van der Waals surface area contributed by atoms with Gasteiger partial charge in [-0.25, -0.2) is 5.84 Å². The summed E-state index contributed by atoms with van der Waals surface area (Å²) in [5.74, 6) is 4.57. The number of hydrogen-bond acceptors (Lipinski definition) is 4. The average Bonchev–Trinajstić information content (AvgIpc) is 2.91. The van der Waals surface area contributed by atoms with Gasteiger partial charge in [0.05, 0.1) is 12.6 Å². The van der Waals surface area contributed by atoms with Crippen molar-refractivity contribution in [1.82, 2.24) is 9.99 Å². The van der Waals surface area contributed by atoms with E-state index in [0.29, 0.717) is 6.54 Å². The number of hydrazine groups is 1. The Bertz CT molecular complexity index is 581. The molecule has 116 valence electrons. The van der Waals surface area contributed by atoms with Gasteiger partial charge in [0, 0.05) is 17.7 Å². The number of nitrogens with zero attached hydrogens (tertiary/aromatic N) is 1. The summed E-state index contributed by atoms with van der Waals surface area (Å²) in [4.78, 5) is 24.3. The van der Waals surface area contributed by atoms with E-state index in [2.05, 4.69) is 0 Å². The number of rotatable bonds is 3. The summed E-state index contributed by atoms with van der Waals surface area (Å²) in [6.45, 7) is 7.31. The van der Waals surface area contributed by atoms with E-state index in [1.807, 2.05) is 32.3 Å². The Morgan fingerprint density at radius 3 is 2.71 bits per heavy atom. The number of carbonyl (C=O) groups is 1. The molecular formula is C15H23N3O3. The first-order chi connectivity index (χ1) is 9.84. The lowest BCUT2D eigenvalue weighted by Gasteiger charge is -2.26. The van der Waals surface area contributed by atoms with Crippen LogP contribution in [0.25, 0.3) is 0 Å². The minimum Gasteiger partial charge on any atom is -0.376 e. The molecule has 0 radical (unpaired) electrons. The summed E-state index contributed by atoms with van der Waals surface area (Å²) in [5, 5.41) is 0. The molecule has 0 spiro atoms. The summed E-state index contributed by atoms with van der Waals surface area (Å²) in [6.07, 6.45) is 1.97. The Kier molecular flexibility index (Phi) is 4.49. The lowest BCUT2D eigenvalue weighted by Crippen LogP contribution is -2.40. The van der Waals surface area contributed by atoms with Gasteiger partial charge >= 0.3 is 0 Å². The maximum atomic E-state index is 12.6. The van der Waals surface area contributed by atoms with Gasteiger partial charge in [0.25, 0.3) is 11.5 Å². The fourth-order valence-corrected chi connectivity index (χ4v) is 2.66. The summed E-state index contributed by atoms with van der Waals surface area (Å²) in [6, 6.07) is 3.36. The molecule has 6 nitrogen and oxygen atoms in total. The molecule has 1 aliphatic heterocycles. The summed E-state index contributed by atoms with van der Waals surface area (Å²) < 4.78 is 7.27. The van der Waals surface area contributed by atoms with Gasteiger partial charge in [0.2, 0.25) is 0 Å². The summed E-state index contributed by atoms with van der Waals surface area (Å²) in [7, 11) is 0. The van der Waals surface area contributed by atoms with E-state index in [1.54, 1.807) is 4.57 Å². The van der Waals surface area contributed by atoms with Gasteiger partial charge in [-0.1, -0.05) is 20.8 Å². The van der Waals surface area contributed by atoms with Crippen molar-refractivity contribution in [3.63, 3.8) is 0 Å². The van der Waals surface area contributed by atoms with Crippen LogP contribution >= 0.6 is 0 Å². The van der Waals surface area contributed by atoms with E-state index in [4.69, 9.17) is 10.6 Å². The van der Waals surface area contributed by atoms with Gasteiger partial charge in [-0.3, -0.25) is 15.0 Å². The molecule has 21 heavy (non-hydrogen) atoms. The van der Waals surface area contributed by atoms with Crippen molar-refractivity contribution in [2.45, 2.75) is 51.7 Å². The summed E-state index contributed by atoms with van der Waals surface area (Å²) in [5.41, 5.74) is 2.44. The third kappa shape index (κ3) is 3.33. The van der Waals surface area contributed by atoms with Gasteiger partial charge in [0.1, 0.15) is 5.56 Å². The molecule has 0 aliphatic carbocycles. The molecule has 3 N–H and O–H groups in total. The normalized spacial score (nSPS) is 18.8. The minimum atomic E-state index is -0.568. The van der Waals surface area contributed by atoms with Crippen LogP contribution in [-0.2, 0) is 16.7 Å². The largest absolute Gasteiger partial charge is 0.376 e. The van der Waals surface area contributed by atoms with Crippen molar-refractivity contribution in [2.75, 3.05) is 6.61 Å². The minimum absolute atomic E-state index is 0.0278. The highest BCUT2D eigenvalue weighted by molar-refractivity contribution is 5.93. The van der Waals surface area contributed by atoms with E-state index < -0.39 is 5.91 Å². The van der Waals surface area contributed by atoms with Crippen LogP contribution in [-0.4, -0.2) is 23.2 Å². The zero-order chi connectivity index (χ0) is 15.6. The monoisotopic (exact) mass is 293 g/mol. The Labute approximate surface area is 124 Å². The van der Waals surface area contributed by atoms with Crippen LogP contribution < -0.4 is 16.8 Å². The first-order valence-corrected chi connectivity index (χ1v) is 7.21. The quantitative estimate of drug-likeness (QED) is 0.493. The number of hydrogen-bond donors (Lipinski definition) is 2. The Balaban J connectivity index is 2.49. The molecule has 6 heteroatoms. The predicted molar refractivity (Wildman–Crippen MR) is 80.0 cm³/mol. The summed E-state index contributed by atoms with van der Waals surface area (Å²) >= 11 is 0. The van der Waals surface area contributed by atoms with Crippen molar-refractivity contribution in [3.8, 4) is 0 Å². The van der Waals surface area contributed by atoms with Crippen LogP contribution in [0.5, 0.6) is 0 Å². The fourth-order valence-electron chi connectivity index (χ4n) is 2.66. The SMILES string of the molecule is CC(C)(C)c1ccc(C(=O)NN)c(=O)n1CC1CCCO1. The number of nitrogen functional groups attached to an aromatic ring is 1. The van der Waals surface area contributed by atoms with E-state index in [-0.39, 0.29) is 22.6 Å². The molecule has 2 heterocycles. The number of pyridine rings is 1. The molecule has 1 aliphatic rings. The van der Waals surface area contributed by atoms with Crippen molar-refractivity contribution in [3.05, 3.63) is 33.7 Å². The van der Waals surface area contributed by atoms with Gasteiger partial charge < -0.3 is 9.30 Å². The first kappa shape index (κ1) is 15.7. The zero-order valence-electron chi connectivity index (χ0n) is 12.8. The molecule has 2 rings (SSSR count). The van der Waals surface area contributed by atoms with Gasteiger partial charge in [-0.2, -0.15) is 0 Å². The number of amides is 1. The highest BCUT2D eigenvalue weighted by Crippen LogP contribution is 2.23. The van der Waals surface area contributed by atoms with E-state index in [0.717, 1.165) is 25.1 Å². The number of aromatic nitrogens is 1. The third-order valence-electron chi connectivity index (χ3n) is 3.73. The van der Waals surface area contributed by atoms with Crippen LogP contribution in [0.3, 0.4) is 0 Å². The second-order valence-electron chi connectivity index (χ2n) is 6.41. The highest BCUT2D eigenvalue weighted by atomic mass is 16.5.